The van der Waals surface area contributed by atoms with Crippen LogP contribution in [0.2, 0.25) is 0 Å². The predicted octanol–water partition coefficient (Wildman–Crippen LogP) is -1.79. The van der Waals surface area contributed by atoms with Gasteiger partial charge in [0.2, 0.25) is 0 Å². The normalized spacial score (nSPS) is 12.6. The maximum absolute atomic E-state index is 10.0. The number of aliphatic carboxylic acids is 1. The second-order valence-electron chi connectivity index (χ2n) is 2.39. The third-order valence-corrected chi connectivity index (χ3v) is 1.04. The van der Waals surface area contributed by atoms with Crippen molar-refractivity contribution in [3.63, 3.8) is 0 Å². The van der Waals surface area contributed by atoms with Crippen LogP contribution in [0.4, 0.5) is 0 Å². The van der Waals surface area contributed by atoms with Crippen molar-refractivity contribution in [3.8, 4) is 0 Å². The van der Waals surface area contributed by atoms with Gasteiger partial charge in [-0.15, -0.1) is 0 Å². The molecule has 0 saturated heterocycles. The molecule has 0 spiro atoms. The minimum absolute atomic E-state index is 0.464. The van der Waals surface area contributed by atoms with Gasteiger partial charge in [0.05, 0.1) is 0 Å². The third kappa shape index (κ3) is 22.5. The summed E-state index contributed by atoms with van der Waals surface area (Å²) in [6.07, 6.45) is 1.14. The molecule has 0 bridgehead atoms. The van der Waals surface area contributed by atoms with Crippen LogP contribution in [0.5, 0.6) is 0 Å². The summed E-state index contributed by atoms with van der Waals surface area (Å²) in [4.78, 5) is 31.6. The molecule has 0 radical (unpaired) electrons. The first kappa shape index (κ1) is 15.9. The summed E-state index contributed by atoms with van der Waals surface area (Å²) in [6.45, 7) is 0.501. The second kappa shape index (κ2) is 7.86. The van der Waals surface area contributed by atoms with Gasteiger partial charge in [0, 0.05) is 0 Å². The molecule has 0 aromatic carbocycles. The van der Waals surface area contributed by atoms with Crippen LogP contribution in [0.15, 0.2) is 0 Å². The first-order valence-electron chi connectivity index (χ1n) is 3.65. The van der Waals surface area contributed by atoms with E-state index in [1.165, 1.54) is 0 Å². The van der Waals surface area contributed by atoms with Crippen LogP contribution in [-0.2, 0) is 9.36 Å². The molecule has 0 aromatic heterocycles. The number of carboxylic acids is 1. The summed E-state index contributed by atoms with van der Waals surface area (Å²) >= 11 is 0. The highest BCUT2D eigenvalue weighted by Gasteiger charge is 2.08. The van der Waals surface area contributed by atoms with Crippen molar-refractivity contribution >= 4 is 13.8 Å². The summed E-state index contributed by atoms with van der Waals surface area (Å²) in [6, 6.07) is -0.742. The van der Waals surface area contributed by atoms with Gasteiger partial charge in [-0.2, -0.15) is 0 Å². The zero-order valence-electron chi connectivity index (χ0n) is 7.41. The Balaban J connectivity index is 0. The number of nitrogens with two attached hydrogens (primary N) is 2. The van der Waals surface area contributed by atoms with E-state index in [1.807, 2.05) is 0 Å². The minimum Gasteiger partial charge on any atom is -0.480 e. The van der Waals surface area contributed by atoms with Gasteiger partial charge in [0.25, 0.3) is 0 Å². The van der Waals surface area contributed by atoms with Crippen molar-refractivity contribution in [2.24, 2.45) is 11.5 Å². The van der Waals surface area contributed by atoms with Gasteiger partial charge in [-0.1, -0.05) is 0 Å². The lowest BCUT2D eigenvalue weighted by molar-refractivity contribution is -0.138. The molecule has 0 aromatic rings. The molecular weight excluding hydrogens is 215 g/mol. The number of carboxylic acid groups (broad SMARTS) is 1. The fourth-order valence-electron chi connectivity index (χ4n) is 0.461. The molecule has 0 unspecified atom stereocenters. The van der Waals surface area contributed by atoms with Crippen molar-refractivity contribution in [3.05, 3.63) is 0 Å². The van der Waals surface area contributed by atoms with E-state index in [-0.39, 0.29) is 0 Å². The highest BCUT2D eigenvalue weighted by Crippen LogP contribution is 2.25. The molecule has 0 aliphatic heterocycles. The molecule has 8 nitrogen and oxygen atoms in total. The molecule has 0 amide bonds. The fraction of sp³-hybridized carbons (Fsp3) is 0.800. The number of rotatable bonds is 4. The standard InChI is InChI=1S/C5H12N2O2.H3O4P/c6-3-1-2-4(7)5(8)9;1-5(2,3)4/h4H,1-3,6-7H2,(H,8,9);(H3,1,2,3,4)/t4-;/m0./s1. The van der Waals surface area contributed by atoms with Gasteiger partial charge in [0.15, 0.2) is 0 Å². The zero-order chi connectivity index (χ0) is 11.8. The van der Waals surface area contributed by atoms with Crippen molar-refractivity contribution in [2.75, 3.05) is 6.54 Å². The van der Waals surface area contributed by atoms with Crippen LogP contribution in [0.3, 0.4) is 0 Å². The number of carbonyl (C=O) groups is 1. The van der Waals surface area contributed by atoms with Gasteiger partial charge >= 0.3 is 13.8 Å². The molecule has 0 fully saturated rings. The van der Waals surface area contributed by atoms with E-state index < -0.39 is 19.8 Å². The molecule has 9 heteroatoms. The molecular formula is C5H15N2O6P. The Bertz CT molecular complexity index is 196. The van der Waals surface area contributed by atoms with Crippen molar-refractivity contribution < 1.29 is 29.1 Å². The van der Waals surface area contributed by atoms with E-state index in [2.05, 4.69) is 0 Å². The average Bonchev–Trinajstić information content (AvgIpc) is 1.96. The molecule has 0 aliphatic carbocycles. The van der Waals surface area contributed by atoms with E-state index >= 15 is 0 Å². The highest BCUT2D eigenvalue weighted by molar-refractivity contribution is 7.45. The van der Waals surface area contributed by atoms with Crippen molar-refractivity contribution in [1.82, 2.24) is 0 Å². The van der Waals surface area contributed by atoms with E-state index in [1.54, 1.807) is 0 Å². The Morgan fingerprint density at radius 3 is 1.93 bits per heavy atom. The Morgan fingerprint density at radius 1 is 1.36 bits per heavy atom. The second-order valence-corrected chi connectivity index (χ2v) is 3.42. The predicted molar refractivity (Wildman–Crippen MR) is 48.2 cm³/mol. The molecule has 86 valence electrons. The zero-order valence-corrected chi connectivity index (χ0v) is 8.30. The van der Waals surface area contributed by atoms with Crippen LogP contribution >= 0.6 is 7.82 Å². The Kier molecular flexibility index (Phi) is 8.96. The lowest BCUT2D eigenvalue weighted by Crippen LogP contribution is -2.30. The SMILES string of the molecule is NCCC[C@H](N)C(=O)O.O=P(O)(O)O. The molecule has 0 saturated carbocycles. The van der Waals surface area contributed by atoms with E-state index in [9.17, 15) is 4.79 Å². The summed E-state index contributed by atoms with van der Waals surface area (Å²) in [5.74, 6) is -0.955. The van der Waals surface area contributed by atoms with E-state index in [0.717, 1.165) is 0 Å². The molecule has 8 N–H and O–H groups in total. The minimum atomic E-state index is -4.64. The maximum Gasteiger partial charge on any atom is 0.466 e. The van der Waals surface area contributed by atoms with Crippen molar-refractivity contribution in [2.45, 2.75) is 18.9 Å². The molecule has 0 aliphatic rings. The van der Waals surface area contributed by atoms with Crippen LogP contribution in [0.25, 0.3) is 0 Å². The van der Waals surface area contributed by atoms with Gasteiger partial charge in [-0.05, 0) is 19.4 Å². The molecule has 0 heterocycles. The highest BCUT2D eigenvalue weighted by atomic mass is 31.2. The first-order valence-corrected chi connectivity index (χ1v) is 5.21. The Labute approximate surface area is 80.8 Å². The molecule has 0 rings (SSSR count). The van der Waals surface area contributed by atoms with Crippen LogP contribution < -0.4 is 11.5 Å². The van der Waals surface area contributed by atoms with Gasteiger partial charge in [-0.3, -0.25) is 4.79 Å². The Hall–Kier alpha value is -0.500. The monoisotopic (exact) mass is 230 g/mol. The van der Waals surface area contributed by atoms with Gasteiger partial charge in [0.1, 0.15) is 6.04 Å². The summed E-state index contributed by atoms with van der Waals surface area (Å²) in [5.41, 5.74) is 10.3. The summed E-state index contributed by atoms with van der Waals surface area (Å²) in [7, 11) is -4.64. The quantitative estimate of drug-likeness (QED) is 0.308. The number of hydrogen-bond donors (Lipinski definition) is 6. The largest absolute Gasteiger partial charge is 0.480 e. The first-order chi connectivity index (χ1) is 6.18. The Morgan fingerprint density at radius 2 is 1.71 bits per heavy atom. The fourth-order valence-corrected chi connectivity index (χ4v) is 0.461. The van der Waals surface area contributed by atoms with Crippen LogP contribution in [-0.4, -0.2) is 38.3 Å². The van der Waals surface area contributed by atoms with Crippen LogP contribution in [0.1, 0.15) is 12.8 Å². The molecule has 1 atom stereocenters. The smallest absolute Gasteiger partial charge is 0.466 e. The number of hydrogen-bond acceptors (Lipinski definition) is 4. The van der Waals surface area contributed by atoms with Gasteiger partial charge in [-0.25, -0.2) is 4.57 Å². The third-order valence-electron chi connectivity index (χ3n) is 1.04. The topological polar surface area (TPSA) is 167 Å². The summed E-state index contributed by atoms with van der Waals surface area (Å²) in [5, 5.41) is 8.24. The van der Waals surface area contributed by atoms with Crippen molar-refractivity contribution in [1.29, 1.82) is 0 Å². The summed E-state index contributed by atoms with van der Waals surface area (Å²) < 4.78 is 8.88. The van der Waals surface area contributed by atoms with Gasteiger partial charge < -0.3 is 31.3 Å². The van der Waals surface area contributed by atoms with Crippen LogP contribution in [0, 0.1) is 0 Å². The maximum atomic E-state index is 10.0. The lowest BCUT2D eigenvalue weighted by Gasteiger charge is -2.02. The molecule has 14 heavy (non-hydrogen) atoms. The van der Waals surface area contributed by atoms with E-state index in [0.29, 0.717) is 19.4 Å². The lowest BCUT2D eigenvalue weighted by atomic mass is 10.2. The number of phosphoric acid groups is 1. The van der Waals surface area contributed by atoms with E-state index in [4.69, 9.17) is 35.8 Å². The average molecular weight is 230 g/mol.